The number of allylic oxidation sites excluding steroid dienone is 1. The molecule has 0 unspecified atom stereocenters. The molecule has 0 spiro atoms. The van der Waals surface area contributed by atoms with Crippen molar-refractivity contribution < 1.29 is 28.8 Å². The highest BCUT2D eigenvalue weighted by molar-refractivity contribution is 5.60. The molecule has 0 aliphatic carbocycles. The Balaban J connectivity index is 1.22. The molecule has 2 atom stereocenters. The maximum Gasteiger partial charge on any atom is 0.162 e. The summed E-state index contributed by atoms with van der Waals surface area (Å²) in [5.74, 6) is 3.08. The molecule has 1 heterocycles. The van der Waals surface area contributed by atoms with Crippen LogP contribution in [0.25, 0.3) is 0 Å². The normalized spacial score (nSPS) is 14.8. The van der Waals surface area contributed by atoms with Crippen molar-refractivity contribution in [2.24, 2.45) is 0 Å². The highest BCUT2D eigenvalue weighted by Crippen LogP contribution is 2.47. The molecule has 6 aromatic carbocycles. The summed E-state index contributed by atoms with van der Waals surface area (Å²) in [6, 6.07) is 47.7. The number of ether oxygens (including phenoxy) is 5. The van der Waals surface area contributed by atoms with Gasteiger partial charge in [-0.05, 0) is 46.4 Å². The second kappa shape index (κ2) is 16.8. The van der Waals surface area contributed by atoms with E-state index in [2.05, 4.69) is 6.58 Å². The number of rotatable bonds is 15. The van der Waals surface area contributed by atoms with Gasteiger partial charge in [-0.2, -0.15) is 0 Å². The summed E-state index contributed by atoms with van der Waals surface area (Å²) >= 11 is 0. The molecule has 0 radical (unpaired) electrons. The summed E-state index contributed by atoms with van der Waals surface area (Å²) in [7, 11) is 0. The topological polar surface area (TPSA) is 66.4 Å². The van der Waals surface area contributed by atoms with Crippen LogP contribution in [0.2, 0.25) is 0 Å². The van der Waals surface area contributed by atoms with Gasteiger partial charge in [0.2, 0.25) is 0 Å². The van der Waals surface area contributed by atoms with E-state index in [9.17, 15) is 5.11 Å². The lowest BCUT2D eigenvalue weighted by Crippen LogP contribution is -2.31. The van der Waals surface area contributed by atoms with E-state index in [1.54, 1.807) is 0 Å². The Morgan fingerprint density at radius 3 is 1.52 bits per heavy atom. The maximum atomic E-state index is 11.7. The van der Waals surface area contributed by atoms with Crippen molar-refractivity contribution in [2.45, 2.75) is 51.5 Å². The standard InChI is InChI=1S/C46H42O6/c1-2-15-38-42(49-30-34-18-9-4-10-19-34)28-43(50-31-35-20-11-5-12-21-35)39-27-40(47)45(52-46(38)39)37-24-25-41(48-29-33-16-7-3-8-17-33)44(26-37)51-32-36-22-13-6-14-23-36/h2-14,16-26,28,40,45,47H,1,15,27,29-32H2/t40-,45+/m0/s1. The van der Waals surface area contributed by atoms with E-state index in [0.717, 1.165) is 38.9 Å². The molecule has 1 aliphatic rings. The van der Waals surface area contributed by atoms with Crippen molar-refractivity contribution in [3.8, 4) is 28.7 Å². The minimum Gasteiger partial charge on any atom is -0.488 e. The van der Waals surface area contributed by atoms with Crippen molar-refractivity contribution in [2.75, 3.05) is 0 Å². The van der Waals surface area contributed by atoms with Gasteiger partial charge in [0.1, 0.15) is 49.8 Å². The van der Waals surface area contributed by atoms with Crippen LogP contribution in [0.15, 0.2) is 158 Å². The molecule has 0 amide bonds. The van der Waals surface area contributed by atoms with Gasteiger partial charge in [-0.3, -0.25) is 0 Å². The third kappa shape index (κ3) is 8.48. The fourth-order valence-corrected chi connectivity index (χ4v) is 6.32. The van der Waals surface area contributed by atoms with E-state index in [0.29, 0.717) is 68.0 Å². The molecular formula is C46H42O6. The molecule has 6 aromatic rings. The van der Waals surface area contributed by atoms with Crippen molar-refractivity contribution in [3.63, 3.8) is 0 Å². The van der Waals surface area contributed by atoms with Crippen LogP contribution in [-0.4, -0.2) is 11.2 Å². The Kier molecular flexibility index (Phi) is 11.1. The predicted octanol–water partition coefficient (Wildman–Crippen LogP) is 9.77. The van der Waals surface area contributed by atoms with Crippen LogP contribution < -0.4 is 23.7 Å². The Morgan fingerprint density at radius 2 is 1.02 bits per heavy atom. The quantitative estimate of drug-likeness (QED) is 0.108. The van der Waals surface area contributed by atoms with Crippen LogP contribution in [0, 0.1) is 0 Å². The van der Waals surface area contributed by atoms with Gasteiger partial charge in [0, 0.05) is 23.6 Å². The van der Waals surface area contributed by atoms with Gasteiger partial charge < -0.3 is 28.8 Å². The van der Waals surface area contributed by atoms with Crippen molar-refractivity contribution >= 4 is 0 Å². The van der Waals surface area contributed by atoms with Gasteiger partial charge in [-0.1, -0.05) is 133 Å². The fraction of sp³-hybridized carbons (Fsp3) is 0.174. The summed E-state index contributed by atoms with van der Waals surface area (Å²) in [4.78, 5) is 0. The Hall–Kier alpha value is -5.98. The second-order valence-electron chi connectivity index (χ2n) is 12.8. The summed E-state index contributed by atoms with van der Waals surface area (Å²) in [5.41, 5.74) is 6.58. The number of hydrogen-bond donors (Lipinski definition) is 1. The van der Waals surface area contributed by atoms with Crippen molar-refractivity contribution in [1.29, 1.82) is 0 Å². The van der Waals surface area contributed by atoms with Crippen LogP contribution in [0.1, 0.15) is 45.0 Å². The van der Waals surface area contributed by atoms with E-state index < -0.39 is 12.2 Å². The average Bonchev–Trinajstić information content (AvgIpc) is 3.20. The van der Waals surface area contributed by atoms with Gasteiger partial charge in [-0.25, -0.2) is 0 Å². The lowest BCUT2D eigenvalue weighted by Gasteiger charge is -2.34. The Labute approximate surface area is 305 Å². The highest BCUT2D eigenvalue weighted by Gasteiger charge is 2.35. The molecular weight excluding hydrogens is 649 g/mol. The van der Waals surface area contributed by atoms with E-state index in [-0.39, 0.29) is 0 Å². The minimum absolute atomic E-state index is 0.319. The van der Waals surface area contributed by atoms with Crippen LogP contribution >= 0.6 is 0 Å². The number of benzene rings is 6. The van der Waals surface area contributed by atoms with Crippen molar-refractivity contribution in [3.05, 3.63) is 197 Å². The Bertz CT molecular complexity index is 2050. The summed E-state index contributed by atoms with van der Waals surface area (Å²) in [6.07, 6.45) is 1.11. The molecule has 6 nitrogen and oxygen atoms in total. The van der Waals surface area contributed by atoms with Gasteiger partial charge in [0.05, 0.1) is 6.10 Å². The number of hydrogen-bond acceptors (Lipinski definition) is 6. The molecule has 6 heteroatoms. The first-order valence-electron chi connectivity index (χ1n) is 17.6. The largest absolute Gasteiger partial charge is 0.488 e. The molecule has 0 fully saturated rings. The molecule has 7 rings (SSSR count). The lowest BCUT2D eigenvalue weighted by atomic mass is 9.91. The first-order valence-corrected chi connectivity index (χ1v) is 17.6. The monoisotopic (exact) mass is 690 g/mol. The molecule has 0 aromatic heterocycles. The predicted molar refractivity (Wildman–Crippen MR) is 203 cm³/mol. The van der Waals surface area contributed by atoms with Gasteiger partial charge in [-0.15, -0.1) is 6.58 Å². The van der Waals surface area contributed by atoms with E-state index in [1.807, 2.05) is 152 Å². The van der Waals surface area contributed by atoms with E-state index in [4.69, 9.17) is 23.7 Å². The fourth-order valence-electron chi connectivity index (χ4n) is 6.32. The summed E-state index contributed by atoms with van der Waals surface area (Å²) < 4.78 is 32.4. The van der Waals surface area contributed by atoms with Crippen molar-refractivity contribution in [1.82, 2.24) is 0 Å². The molecule has 262 valence electrons. The zero-order valence-corrected chi connectivity index (χ0v) is 29.0. The van der Waals surface area contributed by atoms with Gasteiger partial charge in [0.25, 0.3) is 0 Å². The third-order valence-corrected chi connectivity index (χ3v) is 9.01. The minimum atomic E-state index is -0.864. The van der Waals surface area contributed by atoms with Crippen LogP contribution in [-0.2, 0) is 39.3 Å². The van der Waals surface area contributed by atoms with Gasteiger partial charge in [0.15, 0.2) is 11.5 Å². The zero-order chi connectivity index (χ0) is 35.5. The highest BCUT2D eigenvalue weighted by atomic mass is 16.5. The second-order valence-corrected chi connectivity index (χ2v) is 12.8. The molecule has 0 bridgehead atoms. The molecule has 1 N–H and O–H groups in total. The third-order valence-electron chi connectivity index (χ3n) is 9.01. The molecule has 1 aliphatic heterocycles. The summed E-state index contributed by atoms with van der Waals surface area (Å²) in [5, 5.41) is 11.7. The number of aliphatic hydroxyl groups excluding tert-OH is 1. The zero-order valence-electron chi connectivity index (χ0n) is 29.0. The maximum absolute atomic E-state index is 11.7. The SMILES string of the molecule is C=CCc1c(OCc2ccccc2)cc(OCc2ccccc2)c2c1O[C@H](c1ccc(OCc3ccccc3)c(OCc3ccccc3)c1)[C@@H](O)C2. The molecule has 52 heavy (non-hydrogen) atoms. The van der Waals surface area contributed by atoms with Crippen LogP contribution in [0.3, 0.4) is 0 Å². The first kappa shape index (κ1) is 34.5. The first-order chi connectivity index (χ1) is 25.6. The van der Waals surface area contributed by atoms with Gasteiger partial charge >= 0.3 is 0 Å². The van der Waals surface area contributed by atoms with Crippen LogP contribution in [0.4, 0.5) is 0 Å². The smallest absolute Gasteiger partial charge is 0.162 e. The lowest BCUT2D eigenvalue weighted by molar-refractivity contribution is 0.0186. The Morgan fingerprint density at radius 1 is 0.558 bits per heavy atom. The van der Waals surface area contributed by atoms with E-state index >= 15 is 0 Å². The van der Waals surface area contributed by atoms with Crippen LogP contribution in [0.5, 0.6) is 28.7 Å². The number of fused-ring (bicyclic) bond motifs is 1. The molecule has 0 saturated carbocycles. The average molecular weight is 691 g/mol. The number of aliphatic hydroxyl groups is 1. The van der Waals surface area contributed by atoms with E-state index in [1.165, 1.54) is 0 Å². The summed E-state index contributed by atoms with van der Waals surface area (Å²) in [6.45, 7) is 5.52. The molecule has 0 saturated heterocycles.